The van der Waals surface area contributed by atoms with Gasteiger partial charge >= 0.3 is 5.63 Å². The largest absolute Gasteiger partial charge is 0.360 e. The van der Waals surface area contributed by atoms with Crippen molar-refractivity contribution in [2.24, 2.45) is 5.92 Å². The van der Waals surface area contributed by atoms with Crippen molar-refractivity contribution in [1.82, 2.24) is 15.4 Å². The Bertz CT molecular complexity index is 451. The molecule has 1 unspecified atom stereocenters. The number of nitrogens with zero attached hydrogens (tertiary/aromatic N) is 1. The Balaban J connectivity index is 2.66. The van der Waals surface area contributed by atoms with Gasteiger partial charge in [0, 0.05) is 12.6 Å². The van der Waals surface area contributed by atoms with Crippen molar-refractivity contribution < 1.29 is 9.32 Å². The summed E-state index contributed by atoms with van der Waals surface area (Å²) in [5.74, 6) is 0.107. The molecule has 6 heteroatoms. The molecule has 0 fully saturated rings. The second-order valence-corrected chi connectivity index (χ2v) is 4.98. The molecule has 1 rings (SSSR count). The van der Waals surface area contributed by atoms with E-state index < -0.39 is 5.63 Å². The maximum absolute atomic E-state index is 11.9. The Morgan fingerprint density at radius 1 is 1.44 bits per heavy atom. The Kier molecular flexibility index (Phi) is 4.72. The molecule has 0 spiro atoms. The molecular weight excluding hydrogens is 234 g/mol. The lowest BCUT2D eigenvalue weighted by atomic mass is 10.0. The number of aromatic nitrogens is 1. The molecule has 1 amide bonds. The molecule has 0 aliphatic carbocycles. The molecule has 0 saturated heterocycles. The number of likely N-dealkylation sites (N-methyl/N-ethyl adjacent to an activating group) is 1. The minimum absolute atomic E-state index is 0.196. The summed E-state index contributed by atoms with van der Waals surface area (Å²) in [7, 11) is 3.95. The van der Waals surface area contributed by atoms with Gasteiger partial charge in [-0.15, -0.1) is 0 Å². The van der Waals surface area contributed by atoms with Gasteiger partial charge in [0.25, 0.3) is 5.91 Å². The average molecular weight is 255 g/mol. The number of nitrogens with one attached hydrogen (secondary N) is 2. The molecule has 0 bridgehead atoms. The molecule has 1 aromatic rings. The standard InChI is InChI=1S/C12H21N3O3/c1-7(2)9(15(4)5)6-13-11(16)10-8(3)12(17)18-14-10/h7,9,14H,6H2,1-5H3,(H,13,16). The van der Waals surface area contributed by atoms with Gasteiger partial charge in [-0.3, -0.25) is 4.79 Å². The van der Waals surface area contributed by atoms with E-state index in [-0.39, 0.29) is 17.6 Å². The smallest absolute Gasteiger partial charge is 0.349 e. The van der Waals surface area contributed by atoms with E-state index in [2.05, 4.69) is 33.7 Å². The number of hydrogen-bond donors (Lipinski definition) is 2. The van der Waals surface area contributed by atoms with Gasteiger partial charge in [0.05, 0.1) is 5.56 Å². The maximum atomic E-state index is 11.9. The van der Waals surface area contributed by atoms with Gasteiger partial charge in [0.1, 0.15) is 5.69 Å². The first-order valence-corrected chi connectivity index (χ1v) is 5.97. The fourth-order valence-corrected chi connectivity index (χ4v) is 1.87. The number of carbonyl (C=O) groups excluding carboxylic acids is 1. The summed E-state index contributed by atoms with van der Waals surface area (Å²) in [5.41, 5.74) is -0.00659. The third-order valence-corrected chi connectivity index (χ3v) is 3.06. The number of amides is 1. The maximum Gasteiger partial charge on any atom is 0.360 e. The molecule has 0 aromatic carbocycles. The van der Waals surface area contributed by atoms with Gasteiger partial charge in [-0.2, -0.15) is 0 Å². The fraction of sp³-hybridized carbons (Fsp3) is 0.667. The predicted octanol–water partition coefficient (Wildman–Crippen LogP) is 0.592. The number of hydrogen-bond acceptors (Lipinski definition) is 4. The number of carbonyl (C=O) groups is 1. The van der Waals surface area contributed by atoms with Crippen LogP contribution >= 0.6 is 0 Å². The van der Waals surface area contributed by atoms with Crippen LogP contribution in [0.1, 0.15) is 29.9 Å². The van der Waals surface area contributed by atoms with Gasteiger partial charge in [0.2, 0.25) is 0 Å². The first-order valence-electron chi connectivity index (χ1n) is 5.97. The predicted molar refractivity (Wildman–Crippen MR) is 68.7 cm³/mol. The third-order valence-electron chi connectivity index (χ3n) is 3.06. The van der Waals surface area contributed by atoms with E-state index in [0.717, 1.165) is 0 Å². The zero-order chi connectivity index (χ0) is 13.9. The minimum atomic E-state index is -0.506. The van der Waals surface area contributed by atoms with E-state index >= 15 is 0 Å². The molecule has 1 atom stereocenters. The molecule has 0 radical (unpaired) electrons. The molecule has 0 aliphatic heterocycles. The van der Waals surface area contributed by atoms with Gasteiger partial charge < -0.3 is 14.7 Å². The molecule has 18 heavy (non-hydrogen) atoms. The van der Waals surface area contributed by atoms with Gasteiger partial charge in [-0.25, -0.2) is 9.95 Å². The summed E-state index contributed by atoms with van der Waals surface area (Å²) < 4.78 is 4.57. The van der Waals surface area contributed by atoms with Crippen molar-refractivity contribution in [2.45, 2.75) is 26.8 Å². The highest BCUT2D eigenvalue weighted by atomic mass is 16.5. The highest BCUT2D eigenvalue weighted by Gasteiger charge is 2.19. The highest BCUT2D eigenvalue weighted by Crippen LogP contribution is 2.06. The quantitative estimate of drug-likeness (QED) is 0.807. The Labute approximate surface area is 106 Å². The normalized spacial score (nSPS) is 13.1. The summed E-state index contributed by atoms with van der Waals surface area (Å²) >= 11 is 0. The second kappa shape index (κ2) is 5.86. The Hall–Kier alpha value is -1.56. The number of rotatable bonds is 5. The van der Waals surface area contributed by atoms with Crippen molar-refractivity contribution in [3.63, 3.8) is 0 Å². The Morgan fingerprint density at radius 3 is 2.44 bits per heavy atom. The van der Waals surface area contributed by atoms with E-state index in [4.69, 9.17) is 0 Å². The van der Waals surface area contributed by atoms with E-state index in [1.807, 2.05) is 14.1 Å². The van der Waals surface area contributed by atoms with Crippen molar-refractivity contribution >= 4 is 5.91 Å². The molecule has 1 aromatic heterocycles. The summed E-state index contributed by atoms with van der Waals surface area (Å²) in [4.78, 5) is 25.0. The average Bonchev–Trinajstić information content (AvgIpc) is 2.58. The number of H-pyrrole nitrogens is 1. The molecule has 1 heterocycles. The molecule has 102 valence electrons. The van der Waals surface area contributed by atoms with Gasteiger partial charge in [0.15, 0.2) is 0 Å². The topological polar surface area (TPSA) is 78.3 Å². The van der Waals surface area contributed by atoms with Crippen LogP contribution in [0.3, 0.4) is 0 Å². The van der Waals surface area contributed by atoms with Crippen LogP contribution in [0.15, 0.2) is 9.32 Å². The lowest BCUT2D eigenvalue weighted by Gasteiger charge is -2.27. The SMILES string of the molecule is Cc1c(C(=O)NCC(C(C)C)N(C)C)[nH]oc1=O. The third kappa shape index (κ3) is 3.22. The molecular formula is C12H21N3O3. The molecule has 0 aliphatic rings. The van der Waals surface area contributed by atoms with Crippen LogP contribution in [0.5, 0.6) is 0 Å². The van der Waals surface area contributed by atoms with Gasteiger partial charge in [-0.1, -0.05) is 13.8 Å². The first-order chi connectivity index (χ1) is 8.34. The summed E-state index contributed by atoms with van der Waals surface area (Å²) in [6, 6.07) is 0.243. The lowest BCUT2D eigenvalue weighted by Crippen LogP contribution is -2.43. The zero-order valence-corrected chi connectivity index (χ0v) is 11.5. The number of aromatic amines is 1. The highest BCUT2D eigenvalue weighted by molar-refractivity contribution is 5.93. The van der Waals surface area contributed by atoms with E-state index in [1.165, 1.54) is 0 Å². The van der Waals surface area contributed by atoms with E-state index in [0.29, 0.717) is 18.0 Å². The first kappa shape index (κ1) is 14.5. The molecule has 6 nitrogen and oxygen atoms in total. The molecule has 2 N–H and O–H groups in total. The van der Waals surface area contributed by atoms with Crippen LogP contribution in [-0.4, -0.2) is 42.6 Å². The van der Waals surface area contributed by atoms with Crippen molar-refractivity contribution in [2.75, 3.05) is 20.6 Å². The summed E-state index contributed by atoms with van der Waals surface area (Å²) in [6.45, 7) is 6.28. The van der Waals surface area contributed by atoms with Crippen LogP contribution in [0.25, 0.3) is 0 Å². The van der Waals surface area contributed by atoms with Crippen LogP contribution in [0.4, 0.5) is 0 Å². The summed E-state index contributed by atoms with van der Waals surface area (Å²) in [6.07, 6.45) is 0. The van der Waals surface area contributed by atoms with Crippen molar-refractivity contribution in [1.29, 1.82) is 0 Å². The van der Waals surface area contributed by atoms with Crippen molar-refractivity contribution in [3.8, 4) is 0 Å². The monoisotopic (exact) mass is 255 g/mol. The minimum Gasteiger partial charge on any atom is -0.349 e. The van der Waals surface area contributed by atoms with Crippen molar-refractivity contribution in [3.05, 3.63) is 21.7 Å². The fourth-order valence-electron chi connectivity index (χ4n) is 1.87. The van der Waals surface area contributed by atoms with Gasteiger partial charge in [-0.05, 0) is 26.9 Å². The second-order valence-electron chi connectivity index (χ2n) is 4.98. The Morgan fingerprint density at radius 2 is 2.06 bits per heavy atom. The zero-order valence-electron chi connectivity index (χ0n) is 11.5. The van der Waals surface area contributed by atoms with Crippen LogP contribution < -0.4 is 10.9 Å². The lowest BCUT2D eigenvalue weighted by molar-refractivity contribution is 0.0925. The summed E-state index contributed by atoms with van der Waals surface area (Å²) in [5, 5.41) is 5.15. The van der Waals surface area contributed by atoms with E-state index in [9.17, 15) is 9.59 Å². The van der Waals surface area contributed by atoms with Crippen LogP contribution in [0, 0.1) is 12.8 Å². The van der Waals surface area contributed by atoms with Crippen LogP contribution in [-0.2, 0) is 0 Å². The van der Waals surface area contributed by atoms with E-state index in [1.54, 1.807) is 6.92 Å². The molecule has 0 saturated carbocycles. The van der Waals surface area contributed by atoms with Crippen LogP contribution in [0.2, 0.25) is 0 Å².